The topological polar surface area (TPSA) is 61.2 Å². The number of esters is 1. The minimum atomic E-state index is -0.202. The molecule has 5 heteroatoms. The Balaban J connectivity index is 2.11. The Morgan fingerprint density at radius 1 is 1.43 bits per heavy atom. The van der Waals surface area contributed by atoms with E-state index >= 15 is 0 Å². The van der Waals surface area contributed by atoms with Crippen LogP contribution in [-0.2, 0) is 22.5 Å². The number of fused-ring (bicyclic) bond motifs is 1. The summed E-state index contributed by atoms with van der Waals surface area (Å²) in [6.07, 6.45) is 6.84. The van der Waals surface area contributed by atoms with Crippen LogP contribution in [0.5, 0.6) is 0 Å². The Hall–Kier alpha value is -1.65. The molecule has 0 amide bonds. The lowest BCUT2D eigenvalue weighted by atomic mass is 9.98. The average Bonchev–Trinajstić information content (AvgIpc) is 2.71. The zero-order chi connectivity index (χ0) is 15.2. The van der Waals surface area contributed by atoms with E-state index in [2.05, 4.69) is 4.98 Å². The smallest absolute Gasteiger partial charge is 0.305 e. The lowest BCUT2D eigenvalue weighted by Crippen LogP contribution is -2.28. The first-order valence-electron chi connectivity index (χ1n) is 7.87. The molecule has 0 radical (unpaired) electrons. The molecule has 5 nitrogen and oxygen atoms in total. The molecule has 0 aromatic carbocycles. The summed E-state index contributed by atoms with van der Waals surface area (Å²) < 4.78 is 6.75. The number of hydrogen-bond donors (Lipinski definition) is 0. The van der Waals surface area contributed by atoms with E-state index in [1.165, 1.54) is 0 Å². The molecule has 21 heavy (non-hydrogen) atoms. The summed E-state index contributed by atoms with van der Waals surface area (Å²) >= 11 is 0. The van der Waals surface area contributed by atoms with Crippen molar-refractivity contribution in [3.63, 3.8) is 0 Å². The van der Waals surface area contributed by atoms with Crippen LogP contribution in [0.3, 0.4) is 0 Å². The van der Waals surface area contributed by atoms with Crippen molar-refractivity contribution in [3.8, 4) is 0 Å². The molecule has 1 aliphatic rings. The van der Waals surface area contributed by atoms with Gasteiger partial charge in [-0.15, -0.1) is 0 Å². The van der Waals surface area contributed by atoms with Crippen molar-refractivity contribution < 1.29 is 9.53 Å². The Kier molecular flexibility index (Phi) is 5.53. The van der Waals surface area contributed by atoms with Gasteiger partial charge in [-0.1, -0.05) is 13.3 Å². The second-order valence-corrected chi connectivity index (χ2v) is 5.64. The Labute approximate surface area is 125 Å². The highest BCUT2D eigenvalue weighted by Gasteiger charge is 2.17. The van der Waals surface area contributed by atoms with Crippen LogP contribution in [0.25, 0.3) is 0 Å². The molecular formula is C16H24N2O3. The SMILES string of the molecule is CCOC(=O)CCC(C)c1cnc2n(c1=O)CCCCC2. The highest BCUT2D eigenvalue weighted by atomic mass is 16.5. The maximum Gasteiger partial charge on any atom is 0.305 e. The van der Waals surface area contributed by atoms with Crippen molar-refractivity contribution in [2.45, 2.75) is 64.8 Å². The predicted octanol–water partition coefficient (Wildman–Crippen LogP) is 2.42. The van der Waals surface area contributed by atoms with Gasteiger partial charge in [-0.2, -0.15) is 0 Å². The third-order valence-electron chi connectivity index (χ3n) is 4.06. The molecule has 2 rings (SSSR count). The maximum atomic E-state index is 12.6. The van der Waals surface area contributed by atoms with Crippen molar-refractivity contribution in [1.29, 1.82) is 0 Å². The summed E-state index contributed by atoms with van der Waals surface area (Å²) in [6, 6.07) is 0. The van der Waals surface area contributed by atoms with Gasteiger partial charge in [0.15, 0.2) is 0 Å². The highest BCUT2D eigenvalue weighted by Crippen LogP contribution is 2.19. The third kappa shape index (κ3) is 3.93. The fourth-order valence-electron chi connectivity index (χ4n) is 2.76. The van der Waals surface area contributed by atoms with Gasteiger partial charge in [-0.3, -0.25) is 14.2 Å². The van der Waals surface area contributed by atoms with Crippen LogP contribution in [0.15, 0.2) is 11.0 Å². The fourth-order valence-corrected chi connectivity index (χ4v) is 2.76. The molecule has 0 saturated carbocycles. The van der Waals surface area contributed by atoms with Crippen LogP contribution in [-0.4, -0.2) is 22.1 Å². The van der Waals surface area contributed by atoms with Crippen LogP contribution in [0, 0.1) is 0 Å². The number of aromatic nitrogens is 2. The molecule has 1 aliphatic heterocycles. The molecular weight excluding hydrogens is 268 g/mol. The second-order valence-electron chi connectivity index (χ2n) is 5.64. The van der Waals surface area contributed by atoms with Gasteiger partial charge in [0.2, 0.25) is 0 Å². The zero-order valence-electron chi connectivity index (χ0n) is 12.9. The van der Waals surface area contributed by atoms with E-state index in [9.17, 15) is 9.59 Å². The van der Waals surface area contributed by atoms with Gasteiger partial charge >= 0.3 is 5.97 Å². The van der Waals surface area contributed by atoms with Crippen molar-refractivity contribution in [3.05, 3.63) is 27.9 Å². The summed E-state index contributed by atoms with van der Waals surface area (Å²) in [5, 5.41) is 0. The summed E-state index contributed by atoms with van der Waals surface area (Å²) in [5.41, 5.74) is 0.781. The van der Waals surface area contributed by atoms with Crippen LogP contribution in [0.2, 0.25) is 0 Å². The fraction of sp³-hybridized carbons (Fsp3) is 0.688. The van der Waals surface area contributed by atoms with Crippen LogP contribution in [0.1, 0.15) is 63.3 Å². The van der Waals surface area contributed by atoms with Crippen molar-refractivity contribution in [2.24, 2.45) is 0 Å². The Morgan fingerprint density at radius 3 is 3.00 bits per heavy atom. The Morgan fingerprint density at radius 2 is 2.24 bits per heavy atom. The first kappa shape index (κ1) is 15.7. The second kappa shape index (κ2) is 7.38. The first-order valence-corrected chi connectivity index (χ1v) is 7.87. The molecule has 2 heterocycles. The van der Waals surface area contributed by atoms with Crippen LogP contribution in [0.4, 0.5) is 0 Å². The molecule has 0 N–H and O–H groups in total. The molecule has 0 saturated heterocycles. The molecule has 1 unspecified atom stereocenters. The molecule has 1 aromatic rings. The lowest BCUT2D eigenvalue weighted by Gasteiger charge is -2.14. The van der Waals surface area contributed by atoms with Crippen LogP contribution < -0.4 is 5.56 Å². The summed E-state index contributed by atoms with van der Waals surface area (Å²) in [5.74, 6) is 0.724. The summed E-state index contributed by atoms with van der Waals surface area (Å²) in [4.78, 5) is 28.5. The van der Waals surface area contributed by atoms with E-state index in [4.69, 9.17) is 4.74 Å². The van der Waals surface area contributed by atoms with Crippen molar-refractivity contribution in [2.75, 3.05) is 6.61 Å². The monoisotopic (exact) mass is 292 g/mol. The minimum Gasteiger partial charge on any atom is -0.466 e. The first-order chi connectivity index (χ1) is 10.1. The van der Waals surface area contributed by atoms with E-state index in [0.29, 0.717) is 25.0 Å². The van der Waals surface area contributed by atoms with Gasteiger partial charge in [0, 0.05) is 31.1 Å². The number of ether oxygens (including phenoxy) is 1. The summed E-state index contributed by atoms with van der Waals surface area (Å²) in [6.45, 7) is 4.93. The van der Waals surface area contributed by atoms with Crippen molar-refractivity contribution >= 4 is 5.97 Å². The quantitative estimate of drug-likeness (QED) is 0.782. The van der Waals surface area contributed by atoms with E-state index in [1.807, 2.05) is 11.5 Å². The predicted molar refractivity (Wildman–Crippen MR) is 80.3 cm³/mol. The van der Waals surface area contributed by atoms with E-state index < -0.39 is 0 Å². The van der Waals surface area contributed by atoms with Gasteiger partial charge < -0.3 is 4.74 Å². The normalized spacial score (nSPS) is 15.9. The molecule has 0 spiro atoms. The number of aryl methyl sites for hydroxylation is 1. The van der Waals surface area contributed by atoms with E-state index in [-0.39, 0.29) is 17.4 Å². The van der Waals surface area contributed by atoms with Gasteiger partial charge in [-0.25, -0.2) is 4.98 Å². The van der Waals surface area contributed by atoms with E-state index in [1.54, 1.807) is 13.1 Å². The van der Waals surface area contributed by atoms with Gasteiger partial charge in [0.05, 0.1) is 6.61 Å². The third-order valence-corrected chi connectivity index (χ3v) is 4.06. The molecule has 0 fully saturated rings. The standard InChI is InChI=1S/C16H24N2O3/c1-3-21-15(19)9-8-12(2)13-11-17-14-7-5-4-6-10-18(14)16(13)20/h11-12H,3-10H2,1-2H3. The molecule has 0 bridgehead atoms. The lowest BCUT2D eigenvalue weighted by molar-refractivity contribution is -0.143. The van der Waals surface area contributed by atoms with E-state index in [0.717, 1.165) is 38.1 Å². The van der Waals surface area contributed by atoms with Gasteiger partial charge in [-0.05, 0) is 32.1 Å². The van der Waals surface area contributed by atoms with Gasteiger partial charge in [0.1, 0.15) is 5.82 Å². The van der Waals surface area contributed by atoms with Gasteiger partial charge in [0.25, 0.3) is 5.56 Å². The Bertz CT molecular complexity index is 551. The largest absolute Gasteiger partial charge is 0.466 e. The number of carbonyl (C=O) groups excluding carboxylic acids is 1. The molecule has 0 aliphatic carbocycles. The average molecular weight is 292 g/mol. The number of hydrogen-bond acceptors (Lipinski definition) is 4. The van der Waals surface area contributed by atoms with Crippen LogP contribution >= 0.6 is 0 Å². The van der Waals surface area contributed by atoms with Crippen molar-refractivity contribution in [1.82, 2.24) is 9.55 Å². The number of rotatable bonds is 5. The molecule has 1 atom stereocenters. The molecule has 116 valence electrons. The zero-order valence-corrected chi connectivity index (χ0v) is 12.9. The molecule has 1 aromatic heterocycles. The summed E-state index contributed by atoms with van der Waals surface area (Å²) in [7, 11) is 0. The maximum absolute atomic E-state index is 12.6. The number of nitrogens with zero attached hydrogens (tertiary/aromatic N) is 2. The number of carbonyl (C=O) groups is 1. The highest BCUT2D eigenvalue weighted by molar-refractivity contribution is 5.69. The minimum absolute atomic E-state index is 0.0236.